The lowest BCUT2D eigenvalue weighted by Gasteiger charge is -2.26. The Hall–Kier alpha value is -1.10. The third-order valence-electron chi connectivity index (χ3n) is 2.88. The molecule has 1 saturated heterocycles. The van der Waals surface area contributed by atoms with Gasteiger partial charge in [0.05, 0.1) is 6.54 Å². The molecule has 0 aromatic heterocycles. The Morgan fingerprint density at radius 2 is 1.88 bits per heavy atom. The van der Waals surface area contributed by atoms with Gasteiger partial charge in [0.25, 0.3) is 0 Å². The van der Waals surface area contributed by atoms with E-state index in [4.69, 9.17) is 0 Å². The van der Waals surface area contributed by atoms with Crippen LogP contribution in [0.15, 0.2) is 0 Å². The predicted molar refractivity (Wildman–Crippen MR) is 66.6 cm³/mol. The smallest absolute Gasteiger partial charge is 0.233 e. The number of nitrogens with one attached hydrogen (secondary N) is 2. The molecule has 98 valence electrons. The molecule has 1 aliphatic heterocycles. The minimum absolute atomic E-state index is 0.0158. The number of hydrogen-bond donors (Lipinski definition) is 2. The maximum atomic E-state index is 11.8. The van der Waals surface area contributed by atoms with E-state index in [1.165, 1.54) is 6.42 Å². The maximum absolute atomic E-state index is 11.8. The highest BCUT2D eigenvalue weighted by molar-refractivity contribution is 5.78. The topological polar surface area (TPSA) is 61.4 Å². The first-order chi connectivity index (χ1) is 8.24. The summed E-state index contributed by atoms with van der Waals surface area (Å²) in [5.74, 6) is 0.186. The average Bonchev–Trinajstić information content (AvgIpc) is 2.36. The molecule has 5 nitrogen and oxygen atoms in total. The quantitative estimate of drug-likeness (QED) is 0.649. The average molecular weight is 241 g/mol. The van der Waals surface area contributed by atoms with E-state index < -0.39 is 0 Å². The summed E-state index contributed by atoms with van der Waals surface area (Å²) in [6.07, 6.45) is 3.97. The Balaban J connectivity index is 2.05. The summed E-state index contributed by atoms with van der Waals surface area (Å²) in [5.41, 5.74) is 0. The van der Waals surface area contributed by atoms with Crippen LogP contribution in [0.1, 0.15) is 32.6 Å². The first kappa shape index (κ1) is 14.0. The summed E-state index contributed by atoms with van der Waals surface area (Å²) in [6, 6.07) is 0. The molecule has 1 fully saturated rings. The van der Waals surface area contributed by atoms with Crippen molar-refractivity contribution in [3.8, 4) is 0 Å². The number of piperidine rings is 1. The number of hydrogen-bond acceptors (Lipinski definition) is 3. The number of amides is 2. The zero-order valence-electron chi connectivity index (χ0n) is 10.6. The fourth-order valence-corrected chi connectivity index (χ4v) is 1.96. The third-order valence-corrected chi connectivity index (χ3v) is 2.88. The molecule has 2 N–H and O–H groups in total. The highest BCUT2D eigenvalue weighted by Crippen LogP contribution is 2.09. The number of likely N-dealkylation sites (tertiary alicyclic amines) is 1. The van der Waals surface area contributed by atoms with Crippen LogP contribution in [0.5, 0.6) is 0 Å². The van der Waals surface area contributed by atoms with Gasteiger partial charge in [0.15, 0.2) is 0 Å². The van der Waals surface area contributed by atoms with Gasteiger partial charge in [0.2, 0.25) is 11.8 Å². The highest BCUT2D eigenvalue weighted by Gasteiger charge is 2.15. The van der Waals surface area contributed by atoms with E-state index in [2.05, 4.69) is 10.6 Å². The molecular formula is C12H23N3O2. The summed E-state index contributed by atoms with van der Waals surface area (Å²) in [5, 5.41) is 5.68. The van der Waals surface area contributed by atoms with Gasteiger partial charge in [0.1, 0.15) is 0 Å². The lowest BCUT2D eigenvalue weighted by atomic mass is 10.1. The summed E-state index contributed by atoms with van der Waals surface area (Å²) < 4.78 is 0. The lowest BCUT2D eigenvalue weighted by Crippen LogP contribution is -2.38. The van der Waals surface area contributed by atoms with E-state index in [1.54, 1.807) is 0 Å². The molecule has 1 rings (SSSR count). The molecule has 1 heterocycles. The number of carbonyl (C=O) groups is 2. The Bertz CT molecular complexity index is 250. The molecule has 0 aromatic carbocycles. The molecule has 0 spiro atoms. The molecule has 2 amide bonds. The minimum atomic E-state index is -0.0158. The van der Waals surface area contributed by atoms with Crippen LogP contribution in [0.2, 0.25) is 0 Å². The number of nitrogens with zero attached hydrogens (tertiary/aromatic N) is 1. The van der Waals surface area contributed by atoms with Crippen molar-refractivity contribution in [1.82, 2.24) is 15.5 Å². The van der Waals surface area contributed by atoms with Gasteiger partial charge in [-0.15, -0.1) is 0 Å². The third kappa shape index (κ3) is 5.68. The molecule has 17 heavy (non-hydrogen) atoms. The van der Waals surface area contributed by atoms with Gasteiger partial charge < -0.3 is 15.5 Å². The van der Waals surface area contributed by atoms with Crippen LogP contribution in [-0.4, -0.2) is 49.4 Å². The van der Waals surface area contributed by atoms with E-state index in [0.717, 1.165) is 25.9 Å². The highest BCUT2D eigenvalue weighted by atomic mass is 16.2. The Labute approximate surface area is 103 Å². The SMILES string of the molecule is CCNC(=O)CNCCC(=O)N1CCCCC1. The van der Waals surface area contributed by atoms with Gasteiger partial charge >= 0.3 is 0 Å². The zero-order chi connectivity index (χ0) is 12.5. The van der Waals surface area contributed by atoms with Crippen LogP contribution in [0.3, 0.4) is 0 Å². The molecular weight excluding hydrogens is 218 g/mol. The second-order valence-corrected chi connectivity index (χ2v) is 4.32. The van der Waals surface area contributed by atoms with Crippen LogP contribution in [0.4, 0.5) is 0 Å². The second kappa shape index (κ2) is 8.06. The van der Waals surface area contributed by atoms with Crippen LogP contribution in [-0.2, 0) is 9.59 Å². The standard InChI is InChI=1S/C12H23N3O2/c1-2-14-11(16)10-13-7-6-12(17)15-8-4-3-5-9-15/h13H,2-10H2,1H3,(H,14,16). The maximum Gasteiger partial charge on any atom is 0.233 e. The van der Waals surface area contributed by atoms with E-state index in [0.29, 0.717) is 26.1 Å². The summed E-state index contributed by atoms with van der Waals surface area (Å²) in [7, 11) is 0. The molecule has 0 radical (unpaired) electrons. The molecule has 0 aliphatic carbocycles. The molecule has 0 atom stereocenters. The largest absolute Gasteiger partial charge is 0.355 e. The van der Waals surface area contributed by atoms with E-state index in [1.807, 2.05) is 11.8 Å². The van der Waals surface area contributed by atoms with Gasteiger partial charge in [-0.1, -0.05) is 0 Å². The summed E-state index contributed by atoms with van der Waals surface area (Å²) in [6.45, 7) is 5.20. The summed E-state index contributed by atoms with van der Waals surface area (Å²) >= 11 is 0. The Morgan fingerprint density at radius 1 is 1.18 bits per heavy atom. The Kier molecular flexibility index (Phi) is 6.62. The van der Waals surface area contributed by atoms with E-state index in [9.17, 15) is 9.59 Å². The van der Waals surface area contributed by atoms with Crippen LogP contribution in [0, 0.1) is 0 Å². The molecule has 0 bridgehead atoms. The van der Waals surface area contributed by atoms with Gasteiger partial charge in [-0.2, -0.15) is 0 Å². The Morgan fingerprint density at radius 3 is 2.53 bits per heavy atom. The van der Waals surface area contributed by atoms with Crippen LogP contribution >= 0.6 is 0 Å². The van der Waals surface area contributed by atoms with Gasteiger partial charge in [0, 0.05) is 32.6 Å². The minimum Gasteiger partial charge on any atom is -0.355 e. The molecule has 1 aliphatic rings. The first-order valence-corrected chi connectivity index (χ1v) is 6.49. The summed E-state index contributed by atoms with van der Waals surface area (Å²) in [4.78, 5) is 24.8. The normalized spacial score (nSPS) is 15.7. The number of likely N-dealkylation sites (N-methyl/N-ethyl adjacent to an activating group) is 1. The lowest BCUT2D eigenvalue weighted by molar-refractivity contribution is -0.132. The van der Waals surface area contributed by atoms with Crippen molar-refractivity contribution in [3.05, 3.63) is 0 Å². The van der Waals surface area contributed by atoms with E-state index in [-0.39, 0.29) is 11.8 Å². The number of carbonyl (C=O) groups excluding carboxylic acids is 2. The van der Waals surface area contributed by atoms with Crippen molar-refractivity contribution in [3.63, 3.8) is 0 Å². The van der Waals surface area contributed by atoms with Crippen molar-refractivity contribution in [1.29, 1.82) is 0 Å². The fraction of sp³-hybridized carbons (Fsp3) is 0.833. The van der Waals surface area contributed by atoms with Gasteiger partial charge in [-0.3, -0.25) is 9.59 Å². The van der Waals surface area contributed by atoms with Crippen molar-refractivity contribution in [2.45, 2.75) is 32.6 Å². The monoisotopic (exact) mass is 241 g/mol. The van der Waals surface area contributed by atoms with Crippen molar-refractivity contribution < 1.29 is 9.59 Å². The van der Waals surface area contributed by atoms with Crippen molar-refractivity contribution >= 4 is 11.8 Å². The van der Waals surface area contributed by atoms with Gasteiger partial charge in [-0.25, -0.2) is 0 Å². The number of rotatable bonds is 6. The molecule has 0 unspecified atom stereocenters. The van der Waals surface area contributed by atoms with Crippen molar-refractivity contribution in [2.24, 2.45) is 0 Å². The van der Waals surface area contributed by atoms with Crippen molar-refractivity contribution in [2.75, 3.05) is 32.7 Å². The van der Waals surface area contributed by atoms with Gasteiger partial charge in [-0.05, 0) is 26.2 Å². The molecule has 0 saturated carbocycles. The second-order valence-electron chi connectivity index (χ2n) is 4.32. The molecule has 0 aromatic rings. The first-order valence-electron chi connectivity index (χ1n) is 6.49. The molecule has 5 heteroatoms. The zero-order valence-corrected chi connectivity index (χ0v) is 10.6. The predicted octanol–water partition coefficient (Wildman–Crippen LogP) is 0.115. The van der Waals surface area contributed by atoms with Crippen LogP contribution < -0.4 is 10.6 Å². The van der Waals surface area contributed by atoms with Crippen LogP contribution in [0.25, 0.3) is 0 Å². The van der Waals surface area contributed by atoms with E-state index >= 15 is 0 Å². The fourth-order valence-electron chi connectivity index (χ4n) is 1.96.